The van der Waals surface area contributed by atoms with E-state index in [-0.39, 0.29) is 37.3 Å². The van der Waals surface area contributed by atoms with Crippen LogP contribution in [0.15, 0.2) is 134 Å². The zero-order valence-electron chi connectivity index (χ0n) is 32.8. The van der Waals surface area contributed by atoms with Crippen molar-refractivity contribution >= 4 is 33.2 Å². The van der Waals surface area contributed by atoms with Crippen LogP contribution in [0, 0.1) is 18.8 Å². The quantitative estimate of drug-likeness (QED) is 0.149. The van der Waals surface area contributed by atoms with Gasteiger partial charge >= 0.3 is 0 Å². The largest absolute Gasteiger partial charge is 0.509 e. The molecule has 5 nitrogen and oxygen atoms in total. The topological polar surface area (TPSA) is 33.5 Å². The van der Waals surface area contributed by atoms with Gasteiger partial charge < -0.3 is 19.1 Å². The van der Waals surface area contributed by atoms with E-state index >= 15 is 0 Å². The van der Waals surface area contributed by atoms with Gasteiger partial charge in [0.25, 0.3) is 0 Å². The second-order valence-electron chi connectivity index (χ2n) is 16.8. The Morgan fingerprint density at radius 2 is 1.25 bits per heavy atom. The van der Waals surface area contributed by atoms with E-state index in [1.807, 2.05) is 36.7 Å². The number of pyridine rings is 1. The van der Waals surface area contributed by atoms with Crippen LogP contribution in [-0.2, 0) is 37.3 Å². The van der Waals surface area contributed by atoms with Gasteiger partial charge in [0.2, 0.25) is 0 Å². The van der Waals surface area contributed by atoms with Crippen LogP contribution in [0.1, 0.15) is 77.6 Å². The molecule has 1 aliphatic heterocycles. The molecule has 0 spiro atoms. The zero-order valence-corrected chi connectivity index (χ0v) is 35.1. The standard InChI is InChI=1S/C49H47N4O.Pt/c1-47(2,3)35-20-22-42-43-23-21-41(32-45(43)53(44(42)29-35)46-30-36(24-25-50-46)48(4,5)6)54-40-19-13-18-39(31-40)52-27-26-51(33-52)38-17-12-16-37(28-38)49(7,8)34-14-10-9-11-15-34;/h9-30,33H,1-8H3;/q-3;. The van der Waals surface area contributed by atoms with E-state index in [1.54, 1.807) is 0 Å². The summed E-state index contributed by atoms with van der Waals surface area (Å²) in [6, 6.07) is 47.7. The fraction of sp³-hybridized carbons (Fsp3) is 0.224. The van der Waals surface area contributed by atoms with Gasteiger partial charge in [-0.25, -0.2) is 4.98 Å². The molecule has 0 fully saturated rings. The first-order chi connectivity index (χ1) is 25.8. The number of ether oxygens (including phenoxy) is 1. The Kier molecular flexibility index (Phi) is 10.1. The summed E-state index contributed by atoms with van der Waals surface area (Å²) in [5, 5.41) is 2.26. The Morgan fingerprint density at radius 3 is 2.02 bits per heavy atom. The fourth-order valence-electron chi connectivity index (χ4n) is 7.18. The van der Waals surface area contributed by atoms with Gasteiger partial charge in [-0.05, 0) is 81.2 Å². The molecule has 0 aliphatic carbocycles. The van der Waals surface area contributed by atoms with E-state index < -0.39 is 0 Å². The van der Waals surface area contributed by atoms with Crippen LogP contribution < -0.4 is 14.5 Å². The average Bonchev–Trinajstić information content (AvgIpc) is 3.78. The summed E-state index contributed by atoms with van der Waals surface area (Å²) in [4.78, 5) is 9.09. The van der Waals surface area contributed by atoms with Gasteiger partial charge in [0.05, 0.1) is 0 Å². The molecule has 6 heteroatoms. The molecule has 55 heavy (non-hydrogen) atoms. The van der Waals surface area contributed by atoms with E-state index in [0.717, 1.165) is 39.0 Å². The van der Waals surface area contributed by atoms with Crippen molar-refractivity contribution in [3.8, 4) is 17.3 Å². The number of fused-ring (bicyclic) bond motifs is 3. The molecule has 2 aromatic heterocycles. The molecule has 5 aromatic carbocycles. The van der Waals surface area contributed by atoms with E-state index in [0.29, 0.717) is 11.5 Å². The zero-order chi connectivity index (χ0) is 37.8. The predicted octanol–water partition coefficient (Wildman–Crippen LogP) is 12.4. The Hall–Kier alpha value is -5.12. The van der Waals surface area contributed by atoms with Crippen LogP contribution in [0.3, 0.4) is 0 Å². The number of benzene rings is 5. The van der Waals surface area contributed by atoms with Gasteiger partial charge in [0, 0.05) is 55.4 Å². The van der Waals surface area contributed by atoms with Crippen molar-refractivity contribution in [1.29, 1.82) is 0 Å². The molecule has 7 aromatic rings. The van der Waals surface area contributed by atoms with Crippen LogP contribution in [0.25, 0.3) is 27.6 Å². The van der Waals surface area contributed by atoms with Gasteiger partial charge in [-0.2, -0.15) is 12.1 Å². The third-order valence-electron chi connectivity index (χ3n) is 10.6. The molecule has 0 saturated carbocycles. The van der Waals surface area contributed by atoms with Crippen molar-refractivity contribution in [2.24, 2.45) is 0 Å². The molecule has 282 valence electrons. The van der Waals surface area contributed by atoms with Crippen LogP contribution in [0.4, 0.5) is 11.4 Å². The van der Waals surface area contributed by atoms with Gasteiger partial charge in [-0.1, -0.05) is 116 Å². The number of anilines is 2. The smallest absolute Gasteiger partial charge is 0.135 e. The summed E-state index contributed by atoms with van der Waals surface area (Å²) in [6.07, 6.45) is 6.03. The Bertz CT molecular complexity index is 2520. The molecule has 0 saturated heterocycles. The van der Waals surface area contributed by atoms with Gasteiger partial charge in [-0.15, -0.1) is 48.1 Å². The third-order valence-corrected chi connectivity index (χ3v) is 10.6. The molecular weight excluding hydrogens is 856 g/mol. The number of rotatable bonds is 7. The SMILES string of the molecule is CC(C)(C)c1ccnc(-n2c3[c-]c(Oc4[c-]c(N5C=CN(c6cccc(C(C)(C)c7ccccc7)c6)[CH-]5)ccc4)ccc3c3ccc(C(C)(C)C)cc32)c1.[Pt]. The van der Waals surface area contributed by atoms with Crippen LogP contribution in [0.5, 0.6) is 11.5 Å². The minimum Gasteiger partial charge on any atom is -0.509 e. The summed E-state index contributed by atoms with van der Waals surface area (Å²) in [5.41, 5.74) is 8.89. The molecule has 0 bridgehead atoms. The van der Waals surface area contributed by atoms with E-state index in [4.69, 9.17) is 9.72 Å². The van der Waals surface area contributed by atoms with Crippen molar-refractivity contribution in [3.63, 3.8) is 0 Å². The Labute approximate surface area is 340 Å². The number of hydrogen-bond donors (Lipinski definition) is 0. The maximum absolute atomic E-state index is 6.51. The molecule has 0 unspecified atom stereocenters. The van der Waals surface area contributed by atoms with E-state index in [2.05, 4.69) is 186 Å². The molecule has 8 rings (SSSR count). The second kappa shape index (κ2) is 14.5. The number of nitrogens with zero attached hydrogens (tertiary/aromatic N) is 4. The van der Waals surface area contributed by atoms with Crippen molar-refractivity contribution in [3.05, 3.63) is 175 Å². The minimum atomic E-state index is -0.128. The van der Waals surface area contributed by atoms with Crippen LogP contribution in [0.2, 0.25) is 0 Å². The maximum Gasteiger partial charge on any atom is 0.135 e. The molecule has 3 heterocycles. The van der Waals surface area contributed by atoms with Crippen molar-refractivity contribution < 1.29 is 25.8 Å². The Morgan fingerprint density at radius 1 is 0.582 bits per heavy atom. The predicted molar refractivity (Wildman–Crippen MR) is 224 cm³/mol. The number of aromatic nitrogens is 2. The van der Waals surface area contributed by atoms with Crippen LogP contribution in [-0.4, -0.2) is 9.55 Å². The van der Waals surface area contributed by atoms with Crippen molar-refractivity contribution in [1.82, 2.24) is 9.55 Å². The minimum absolute atomic E-state index is 0. The molecular formula is C49H47N4OPt-3. The second-order valence-corrected chi connectivity index (χ2v) is 16.8. The molecule has 0 atom stereocenters. The normalized spacial score (nSPS) is 13.5. The van der Waals surface area contributed by atoms with Crippen molar-refractivity contribution in [2.75, 3.05) is 9.80 Å². The summed E-state index contributed by atoms with van der Waals surface area (Å²) >= 11 is 0. The fourth-order valence-corrected chi connectivity index (χ4v) is 7.18. The van der Waals surface area contributed by atoms with E-state index in [1.165, 1.54) is 22.3 Å². The maximum atomic E-state index is 6.51. The average molecular weight is 903 g/mol. The van der Waals surface area contributed by atoms with E-state index in [9.17, 15) is 0 Å². The monoisotopic (exact) mass is 902 g/mol. The first kappa shape index (κ1) is 38.2. The number of hydrogen-bond acceptors (Lipinski definition) is 4. The van der Waals surface area contributed by atoms with Gasteiger partial charge in [0.1, 0.15) is 5.82 Å². The third kappa shape index (κ3) is 7.47. The van der Waals surface area contributed by atoms with Crippen molar-refractivity contribution in [2.45, 2.75) is 71.6 Å². The van der Waals surface area contributed by atoms with Gasteiger partial charge in [-0.3, -0.25) is 0 Å². The molecule has 0 radical (unpaired) electrons. The van der Waals surface area contributed by atoms with Crippen LogP contribution >= 0.6 is 0 Å². The first-order valence-electron chi connectivity index (χ1n) is 18.7. The molecule has 0 amide bonds. The Balaban J connectivity index is 0.00000465. The summed E-state index contributed by atoms with van der Waals surface area (Å²) in [7, 11) is 0. The molecule has 0 N–H and O–H groups in total. The summed E-state index contributed by atoms with van der Waals surface area (Å²) in [6.45, 7) is 20.1. The molecule has 1 aliphatic rings. The summed E-state index contributed by atoms with van der Waals surface area (Å²) in [5.74, 6) is 2.09. The van der Waals surface area contributed by atoms with Gasteiger partial charge in [0.15, 0.2) is 0 Å². The first-order valence-corrected chi connectivity index (χ1v) is 18.7. The summed E-state index contributed by atoms with van der Waals surface area (Å²) < 4.78 is 8.75.